The molecule has 0 saturated carbocycles. The standard InChI is InChI=1S/C21H18N2O6S/c1-2-23-19(26)17(11-13-4-3-5-16(10-13)29-12-18(24)25)30-21(23)22-15-8-6-14(7-9-15)20(27)28/h3-11H,2,12H2,1H3,(H,24,25)(H,27,28)/b17-11-,22-21?. The summed E-state index contributed by atoms with van der Waals surface area (Å²) in [6.07, 6.45) is 1.69. The van der Waals surface area contributed by atoms with Crippen LogP contribution in [0.1, 0.15) is 22.8 Å². The Bertz CT molecular complexity index is 1050. The third-order valence-corrected chi connectivity index (χ3v) is 5.07. The number of aromatic carboxylic acids is 1. The molecule has 2 N–H and O–H groups in total. The number of thioether (sulfide) groups is 1. The van der Waals surface area contributed by atoms with Crippen LogP contribution in [0.5, 0.6) is 5.75 Å². The van der Waals surface area contributed by atoms with Crippen molar-refractivity contribution in [3.8, 4) is 5.75 Å². The summed E-state index contributed by atoms with van der Waals surface area (Å²) >= 11 is 1.21. The SMILES string of the molecule is CCN1C(=O)/C(=C/c2cccc(OCC(=O)O)c2)SC1=Nc1ccc(C(=O)O)cc1. The molecule has 1 aliphatic heterocycles. The molecule has 0 aliphatic carbocycles. The molecule has 1 saturated heterocycles. The molecule has 0 bridgehead atoms. The van der Waals surface area contributed by atoms with Gasteiger partial charge in [-0.3, -0.25) is 9.69 Å². The van der Waals surface area contributed by atoms with Gasteiger partial charge in [0, 0.05) is 6.54 Å². The van der Waals surface area contributed by atoms with Gasteiger partial charge in [-0.1, -0.05) is 12.1 Å². The molecule has 1 fully saturated rings. The maximum absolute atomic E-state index is 12.8. The summed E-state index contributed by atoms with van der Waals surface area (Å²) in [5.41, 5.74) is 1.39. The highest BCUT2D eigenvalue weighted by Gasteiger charge is 2.32. The largest absolute Gasteiger partial charge is 0.482 e. The van der Waals surface area contributed by atoms with Crippen molar-refractivity contribution < 1.29 is 29.3 Å². The molecule has 1 amide bonds. The van der Waals surface area contributed by atoms with Crippen LogP contribution >= 0.6 is 11.8 Å². The van der Waals surface area contributed by atoms with Gasteiger partial charge < -0.3 is 14.9 Å². The molecule has 1 aliphatic rings. The predicted octanol–water partition coefficient (Wildman–Crippen LogP) is 3.47. The smallest absolute Gasteiger partial charge is 0.341 e. The van der Waals surface area contributed by atoms with Crippen molar-refractivity contribution in [3.63, 3.8) is 0 Å². The Hall–Kier alpha value is -3.59. The van der Waals surface area contributed by atoms with Gasteiger partial charge in [0.15, 0.2) is 11.8 Å². The van der Waals surface area contributed by atoms with Crippen LogP contribution < -0.4 is 4.74 Å². The van der Waals surface area contributed by atoms with Crippen LogP contribution in [0.2, 0.25) is 0 Å². The average Bonchev–Trinajstić information content (AvgIpc) is 3.01. The van der Waals surface area contributed by atoms with Crippen molar-refractivity contribution >= 4 is 46.5 Å². The highest BCUT2D eigenvalue weighted by atomic mass is 32.2. The second-order valence-corrected chi connectivity index (χ2v) is 7.17. The van der Waals surface area contributed by atoms with E-state index in [2.05, 4.69) is 4.99 Å². The molecule has 0 aromatic heterocycles. The number of hydrogen-bond acceptors (Lipinski definition) is 6. The van der Waals surface area contributed by atoms with E-state index in [0.29, 0.717) is 33.6 Å². The van der Waals surface area contributed by atoms with Crippen molar-refractivity contribution in [2.75, 3.05) is 13.2 Å². The van der Waals surface area contributed by atoms with Crippen LogP contribution in [0.25, 0.3) is 6.08 Å². The fourth-order valence-electron chi connectivity index (χ4n) is 2.65. The van der Waals surface area contributed by atoms with Crippen LogP contribution in [0.4, 0.5) is 5.69 Å². The van der Waals surface area contributed by atoms with Crippen molar-refractivity contribution in [1.82, 2.24) is 4.90 Å². The number of ether oxygens (including phenoxy) is 1. The van der Waals surface area contributed by atoms with Crippen molar-refractivity contribution in [3.05, 3.63) is 64.6 Å². The zero-order chi connectivity index (χ0) is 21.7. The van der Waals surface area contributed by atoms with E-state index in [1.165, 1.54) is 28.8 Å². The summed E-state index contributed by atoms with van der Waals surface area (Å²) in [4.78, 5) is 40.9. The molecule has 3 rings (SSSR count). The van der Waals surface area contributed by atoms with Gasteiger partial charge >= 0.3 is 11.9 Å². The number of hydrogen-bond donors (Lipinski definition) is 2. The molecule has 154 valence electrons. The van der Waals surface area contributed by atoms with Crippen molar-refractivity contribution in [1.29, 1.82) is 0 Å². The summed E-state index contributed by atoms with van der Waals surface area (Å²) < 4.78 is 5.17. The number of aliphatic carboxylic acids is 1. The lowest BCUT2D eigenvalue weighted by molar-refractivity contribution is -0.139. The molecule has 0 spiro atoms. The van der Waals surface area contributed by atoms with Crippen LogP contribution in [-0.4, -0.2) is 51.3 Å². The summed E-state index contributed by atoms with van der Waals surface area (Å²) in [5.74, 6) is -1.90. The fourth-order valence-corrected chi connectivity index (χ4v) is 3.71. The van der Waals surface area contributed by atoms with Crippen molar-refractivity contribution in [2.45, 2.75) is 6.92 Å². The molecule has 2 aromatic carbocycles. The summed E-state index contributed by atoms with van der Waals surface area (Å²) in [7, 11) is 0. The lowest BCUT2D eigenvalue weighted by Gasteiger charge is -2.12. The summed E-state index contributed by atoms with van der Waals surface area (Å²) in [5, 5.41) is 18.2. The first-order valence-electron chi connectivity index (χ1n) is 8.95. The maximum atomic E-state index is 12.8. The van der Waals surface area contributed by atoms with Gasteiger partial charge in [0.05, 0.1) is 16.2 Å². The average molecular weight is 426 g/mol. The Kier molecular flexibility index (Phi) is 6.53. The molecule has 9 heteroatoms. The number of benzene rings is 2. The molecule has 2 aromatic rings. The van der Waals surface area contributed by atoms with Gasteiger partial charge in [-0.2, -0.15) is 0 Å². The van der Waals surface area contributed by atoms with Crippen LogP contribution in [0, 0.1) is 0 Å². The molecule has 0 radical (unpaired) electrons. The predicted molar refractivity (Wildman–Crippen MR) is 113 cm³/mol. The number of carbonyl (C=O) groups excluding carboxylic acids is 1. The van der Waals surface area contributed by atoms with E-state index in [-0.39, 0.29) is 11.5 Å². The maximum Gasteiger partial charge on any atom is 0.341 e. The van der Waals surface area contributed by atoms with Crippen LogP contribution in [-0.2, 0) is 9.59 Å². The van der Waals surface area contributed by atoms with Gasteiger partial charge in [0.25, 0.3) is 5.91 Å². The van der Waals surface area contributed by atoms with Gasteiger partial charge in [-0.25, -0.2) is 14.6 Å². The quantitative estimate of drug-likeness (QED) is 0.651. The van der Waals surface area contributed by atoms with Crippen molar-refractivity contribution in [2.24, 2.45) is 4.99 Å². The normalized spacial score (nSPS) is 16.3. The molecule has 0 unspecified atom stereocenters. The minimum atomic E-state index is -1.07. The highest BCUT2D eigenvalue weighted by molar-refractivity contribution is 8.18. The second kappa shape index (κ2) is 9.27. The highest BCUT2D eigenvalue weighted by Crippen LogP contribution is 2.34. The van der Waals surface area contributed by atoms with E-state index in [1.807, 2.05) is 6.92 Å². The van der Waals surface area contributed by atoms with E-state index >= 15 is 0 Å². The second-order valence-electron chi connectivity index (χ2n) is 6.16. The Morgan fingerprint density at radius 3 is 2.53 bits per heavy atom. The minimum absolute atomic E-state index is 0.159. The summed E-state index contributed by atoms with van der Waals surface area (Å²) in [6.45, 7) is 1.82. The van der Waals surface area contributed by atoms with Gasteiger partial charge in [0.2, 0.25) is 0 Å². The Labute approximate surface area is 176 Å². The minimum Gasteiger partial charge on any atom is -0.482 e. The van der Waals surface area contributed by atoms with E-state index in [4.69, 9.17) is 14.9 Å². The monoisotopic (exact) mass is 426 g/mol. The van der Waals surface area contributed by atoms with E-state index in [0.717, 1.165) is 0 Å². The first-order chi connectivity index (χ1) is 14.4. The first-order valence-corrected chi connectivity index (χ1v) is 9.77. The first kappa shape index (κ1) is 21.1. The molecule has 0 atom stereocenters. The van der Waals surface area contributed by atoms with Crippen LogP contribution in [0.15, 0.2) is 58.4 Å². The number of carbonyl (C=O) groups is 3. The molecule has 1 heterocycles. The number of carboxylic acid groups (broad SMARTS) is 2. The number of carboxylic acids is 2. The zero-order valence-corrected chi connectivity index (χ0v) is 16.8. The third kappa shape index (κ3) is 5.06. The number of aliphatic imine (C=N–C) groups is 1. The lowest BCUT2D eigenvalue weighted by Crippen LogP contribution is -2.28. The van der Waals surface area contributed by atoms with Gasteiger partial charge in [-0.15, -0.1) is 0 Å². The lowest BCUT2D eigenvalue weighted by atomic mass is 10.2. The number of amides is 1. The number of likely N-dealkylation sites (N-methyl/N-ethyl adjacent to an activating group) is 1. The Morgan fingerprint density at radius 2 is 1.90 bits per heavy atom. The number of rotatable bonds is 7. The van der Waals surface area contributed by atoms with Gasteiger partial charge in [-0.05, 0) is 66.7 Å². The topological polar surface area (TPSA) is 117 Å². The summed E-state index contributed by atoms with van der Waals surface area (Å²) in [6, 6.07) is 12.9. The van der Waals surface area contributed by atoms with E-state index < -0.39 is 18.5 Å². The van der Waals surface area contributed by atoms with Crippen LogP contribution in [0.3, 0.4) is 0 Å². The van der Waals surface area contributed by atoms with E-state index in [9.17, 15) is 14.4 Å². The third-order valence-electron chi connectivity index (χ3n) is 4.06. The number of amidine groups is 1. The van der Waals surface area contributed by atoms with E-state index in [1.54, 1.807) is 42.5 Å². The molecule has 30 heavy (non-hydrogen) atoms. The fraction of sp³-hybridized carbons (Fsp3) is 0.143. The Morgan fingerprint density at radius 1 is 1.17 bits per heavy atom. The Balaban J connectivity index is 1.84. The van der Waals surface area contributed by atoms with Gasteiger partial charge in [0.1, 0.15) is 5.75 Å². The zero-order valence-electron chi connectivity index (χ0n) is 15.9. The molecule has 8 nitrogen and oxygen atoms in total. The number of nitrogens with zero attached hydrogens (tertiary/aromatic N) is 2. The molecular formula is C21H18N2O6S. The molecular weight excluding hydrogens is 408 g/mol.